The van der Waals surface area contributed by atoms with Gasteiger partial charge in [-0.25, -0.2) is 12.7 Å². The number of benzene rings is 3. The molecular formula is C27H24N2O4S. The van der Waals surface area contributed by atoms with E-state index < -0.39 is 39.2 Å². The topological polar surface area (TPSA) is 74.8 Å². The molecule has 4 atom stereocenters. The van der Waals surface area contributed by atoms with E-state index in [1.54, 1.807) is 24.1 Å². The molecule has 2 aliphatic heterocycles. The molecule has 2 amide bonds. The minimum atomic E-state index is -4.02. The molecule has 34 heavy (non-hydrogen) atoms. The number of carbonyl (C=O) groups is 2. The highest BCUT2D eigenvalue weighted by molar-refractivity contribution is 7.89. The number of hydrogen-bond acceptors (Lipinski definition) is 4. The highest BCUT2D eigenvalue weighted by Crippen LogP contribution is 2.64. The Bertz CT molecular complexity index is 1430. The average molecular weight is 473 g/mol. The van der Waals surface area contributed by atoms with Crippen LogP contribution >= 0.6 is 0 Å². The normalized spacial score (nSPS) is 27.6. The fourth-order valence-electron chi connectivity index (χ4n) is 6.31. The number of hydrogen-bond donors (Lipinski definition) is 0. The molecule has 2 fully saturated rings. The van der Waals surface area contributed by atoms with Crippen molar-refractivity contribution >= 4 is 27.5 Å². The first kappa shape index (κ1) is 21.1. The Kier molecular flexibility index (Phi) is 4.36. The summed E-state index contributed by atoms with van der Waals surface area (Å²) in [5.41, 5.74) is 2.51. The molecular weight excluding hydrogens is 448 g/mol. The van der Waals surface area contributed by atoms with Gasteiger partial charge >= 0.3 is 0 Å². The first-order chi connectivity index (χ1) is 16.3. The summed E-state index contributed by atoms with van der Waals surface area (Å²) in [4.78, 5) is 29.2. The Morgan fingerprint density at radius 1 is 0.882 bits per heavy atom. The fraction of sp³-hybridized carbons (Fsp3) is 0.259. The zero-order valence-electron chi connectivity index (χ0n) is 18.9. The third-order valence-electron chi connectivity index (χ3n) is 7.81. The van der Waals surface area contributed by atoms with Crippen molar-refractivity contribution < 1.29 is 18.0 Å². The smallest absolute Gasteiger partial charge is 0.266 e. The molecule has 0 aromatic heterocycles. The minimum absolute atomic E-state index is 0.0857. The Hall–Kier alpha value is -3.45. The van der Waals surface area contributed by atoms with E-state index in [1.165, 1.54) is 12.1 Å². The molecule has 2 heterocycles. The summed E-state index contributed by atoms with van der Waals surface area (Å²) in [6, 6.07) is 23.2. The van der Waals surface area contributed by atoms with Crippen molar-refractivity contribution in [2.75, 3.05) is 11.9 Å². The van der Waals surface area contributed by atoms with Gasteiger partial charge in [-0.15, -0.1) is 0 Å². The molecule has 1 spiro atoms. The summed E-state index contributed by atoms with van der Waals surface area (Å²) >= 11 is 0. The number of β-lactam (4-membered cyclic amide) rings is 1. The van der Waals surface area contributed by atoms with Gasteiger partial charge in [-0.1, -0.05) is 66.2 Å². The van der Waals surface area contributed by atoms with E-state index in [4.69, 9.17) is 0 Å². The van der Waals surface area contributed by atoms with Gasteiger partial charge in [0.1, 0.15) is 0 Å². The van der Waals surface area contributed by atoms with E-state index >= 15 is 0 Å². The Morgan fingerprint density at radius 2 is 1.53 bits per heavy atom. The monoisotopic (exact) mass is 472 g/mol. The van der Waals surface area contributed by atoms with Crippen molar-refractivity contribution in [3.63, 3.8) is 0 Å². The Morgan fingerprint density at radius 3 is 2.24 bits per heavy atom. The van der Waals surface area contributed by atoms with Crippen LogP contribution in [0.15, 0.2) is 83.8 Å². The number of rotatable bonds is 3. The standard InChI is InChI=1S/C27H24N2O4S/c1-17-12-14-19(15-13-17)34(32,33)29-22-16-27(20-10-6-7-11-21(20)28(2)26(27)31)24(23(22)25(29)30)18-8-4-3-5-9-18/h3-15,22-24H,16H2,1-2H3/t22-,23-,24+,27+/m1/s1. The molecule has 0 N–H and O–H groups in total. The van der Waals surface area contributed by atoms with Crippen LogP contribution in [0.3, 0.4) is 0 Å². The van der Waals surface area contributed by atoms with Gasteiger partial charge in [-0.2, -0.15) is 0 Å². The van der Waals surface area contributed by atoms with Crippen LogP contribution in [0.2, 0.25) is 0 Å². The van der Waals surface area contributed by atoms with Crippen LogP contribution in [0.1, 0.15) is 29.0 Å². The van der Waals surface area contributed by atoms with E-state index in [9.17, 15) is 18.0 Å². The van der Waals surface area contributed by atoms with Crippen LogP contribution < -0.4 is 4.90 Å². The van der Waals surface area contributed by atoms with Crippen molar-refractivity contribution in [3.05, 3.63) is 95.6 Å². The van der Waals surface area contributed by atoms with Gasteiger partial charge in [0, 0.05) is 18.7 Å². The maximum absolute atomic E-state index is 13.9. The molecule has 172 valence electrons. The van der Waals surface area contributed by atoms with Gasteiger partial charge in [0.15, 0.2) is 0 Å². The van der Waals surface area contributed by atoms with Gasteiger partial charge in [0.2, 0.25) is 11.8 Å². The molecule has 1 aliphatic carbocycles. The molecule has 0 radical (unpaired) electrons. The number of para-hydroxylation sites is 1. The van der Waals surface area contributed by atoms with Crippen molar-refractivity contribution in [2.45, 2.75) is 35.6 Å². The summed E-state index contributed by atoms with van der Waals surface area (Å²) in [5, 5.41) is 0. The lowest BCUT2D eigenvalue weighted by molar-refractivity contribution is -0.144. The predicted molar refractivity (Wildman–Crippen MR) is 128 cm³/mol. The number of fused-ring (bicyclic) bond motifs is 3. The number of anilines is 1. The number of carbonyl (C=O) groups excluding carboxylic acids is 2. The molecule has 0 bridgehead atoms. The first-order valence-corrected chi connectivity index (χ1v) is 12.8. The van der Waals surface area contributed by atoms with Crippen LogP contribution in [-0.4, -0.2) is 37.6 Å². The average Bonchev–Trinajstić information content (AvgIpc) is 3.25. The second-order valence-corrected chi connectivity index (χ2v) is 11.3. The van der Waals surface area contributed by atoms with Gasteiger partial charge in [0.25, 0.3) is 10.0 Å². The maximum Gasteiger partial charge on any atom is 0.266 e. The second-order valence-electron chi connectivity index (χ2n) is 9.49. The molecule has 3 aromatic carbocycles. The number of likely N-dealkylation sites (N-methyl/N-ethyl adjacent to an activating group) is 1. The summed E-state index contributed by atoms with van der Waals surface area (Å²) in [6.07, 6.45) is 0.272. The van der Waals surface area contributed by atoms with E-state index in [2.05, 4.69) is 0 Å². The molecule has 6 nitrogen and oxygen atoms in total. The van der Waals surface area contributed by atoms with Crippen LogP contribution in [0.25, 0.3) is 0 Å². The fourth-order valence-corrected chi connectivity index (χ4v) is 7.94. The summed E-state index contributed by atoms with van der Waals surface area (Å²) in [6.45, 7) is 1.88. The van der Waals surface area contributed by atoms with Gasteiger partial charge in [-0.3, -0.25) is 9.59 Å². The number of aryl methyl sites for hydroxylation is 1. The maximum atomic E-state index is 13.9. The summed E-state index contributed by atoms with van der Waals surface area (Å²) in [5.74, 6) is -1.53. The van der Waals surface area contributed by atoms with Gasteiger partial charge in [0.05, 0.1) is 22.3 Å². The molecule has 3 aromatic rings. The summed E-state index contributed by atoms with van der Waals surface area (Å²) in [7, 11) is -2.27. The molecule has 3 aliphatic rings. The third kappa shape index (κ3) is 2.53. The van der Waals surface area contributed by atoms with E-state index in [1.807, 2.05) is 61.5 Å². The Balaban J connectivity index is 1.52. The lowest BCUT2D eigenvalue weighted by Crippen LogP contribution is -2.61. The zero-order valence-corrected chi connectivity index (χ0v) is 19.7. The number of sulfonamides is 1. The quantitative estimate of drug-likeness (QED) is 0.546. The molecule has 6 rings (SSSR count). The number of amides is 2. The first-order valence-electron chi connectivity index (χ1n) is 11.4. The minimum Gasteiger partial charge on any atom is -0.314 e. The molecule has 1 saturated carbocycles. The third-order valence-corrected chi connectivity index (χ3v) is 9.64. The van der Waals surface area contributed by atoms with E-state index in [0.29, 0.717) is 0 Å². The van der Waals surface area contributed by atoms with Gasteiger partial charge in [-0.05, 0) is 42.7 Å². The highest BCUT2D eigenvalue weighted by Gasteiger charge is 2.72. The van der Waals surface area contributed by atoms with Crippen LogP contribution in [0.4, 0.5) is 5.69 Å². The van der Waals surface area contributed by atoms with Crippen molar-refractivity contribution in [1.82, 2.24) is 4.31 Å². The highest BCUT2D eigenvalue weighted by atomic mass is 32.2. The van der Waals surface area contributed by atoms with E-state index in [0.717, 1.165) is 26.7 Å². The SMILES string of the molecule is Cc1ccc(S(=O)(=O)N2C(=O)[C@@H]3[C@H]2C[C@@]2(C(=O)N(C)c4ccccc42)[C@H]3c2ccccc2)cc1. The van der Waals surface area contributed by atoms with Crippen LogP contribution in [-0.2, 0) is 25.0 Å². The van der Waals surface area contributed by atoms with Gasteiger partial charge < -0.3 is 4.90 Å². The van der Waals surface area contributed by atoms with Crippen LogP contribution in [0.5, 0.6) is 0 Å². The largest absolute Gasteiger partial charge is 0.314 e. The van der Waals surface area contributed by atoms with Crippen LogP contribution in [0, 0.1) is 12.8 Å². The van der Waals surface area contributed by atoms with Crippen molar-refractivity contribution in [3.8, 4) is 0 Å². The van der Waals surface area contributed by atoms with Crippen molar-refractivity contribution in [2.24, 2.45) is 5.92 Å². The number of nitrogens with zero attached hydrogens (tertiary/aromatic N) is 2. The summed E-state index contributed by atoms with van der Waals surface area (Å²) < 4.78 is 28.1. The van der Waals surface area contributed by atoms with Crippen molar-refractivity contribution in [1.29, 1.82) is 0 Å². The molecule has 0 unspecified atom stereocenters. The molecule has 7 heteroatoms. The zero-order chi connectivity index (χ0) is 23.8. The predicted octanol–water partition coefficient (Wildman–Crippen LogP) is 3.61. The Labute approximate surface area is 198 Å². The second kappa shape index (κ2) is 7.03. The van der Waals surface area contributed by atoms with E-state index in [-0.39, 0.29) is 17.2 Å². The molecule has 1 saturated heterocycles. The lowest BCUT2D eigenvalue weighted by Gasteiger charge is -2.44. The lowest BCUT2D eigenvalue weighted by atomic mass is 9.68.